The van der Waals surface area contributed by atoms with E-state index in [1.807, 2.05) is 19.9 Å². The van der Waals surface area contributed by atoms with Crippen LogP contribution >= 0.6 is 0 Å². The van der Waals surface area contributed by atoms with Gasteiger partial charge in [0.25, 0.3) is 10.1 Å². The Morgan fingerprint density at radius 3 is 1.70 bits per heavy atom. The number of rotatable bonds is 4. The van der Waals surface area contributed by atoms with Crippen LogP contribution in [0.2, 0.25) is 0 Å². The molecule has 2 aromatic carbocycles. The summed E-state index contributed by atoms with van der Waals surface area (Å²) in [6.07, 6.45) is 0. The fourth-order valence-electron chi connectivity index (χ4n) is 1.65. The average molecular weight is 337 g/mol. The van der Waals surface area contributed by atoms with E-state index < -0.39 is 10.1 Å². The molecule has 5 heteroatoms. The Bertz CT molecular complexity index is 611. The molecule has 4 nitrogen and oxygen atoms in total. The quantitative estimate of drug-likeness (QED) is 0.847. The van der Waals surface area contributed by atoms with E-state index in [9.17, 15) is 8.42 Å². The molecule has 0 aliphatic carbocycles. The lowest BCUT2D eigenvalue weighted by atomic mass is 10.0. The van der Waals surface area contributed by atoms with Crippen LogP contribution in [0.5, 0.6) is 0 Å². The van der Waals surface area contributed by atoms with Crippen LogP contribution in [-0.2, 0) is 20.2 Å². The Hall–Kier alpha value is -1.69. The topological polar surface area (TPSA) is 69.4 Å². The largest absolute Gasteiger partial charge is 0.287 e. The Morgan fingerprint density at radius 1 is 0.913 bits per heavy atom. The number of hydrogen-bond donors (Lipinski definition) is 1. The van der Waals surface area contributed by atoms with E-state index in [2.05, 4.69) is 48.3 Å². The van der Waals surface area contributed by atoms with Gasteiger partial charge >= 0.3 is 0 Å². The lowest BCUT2D eigenvalue weighted by Crippen LogP contribution is -2.12. The van der Waals surface area contributed by atoms with E-state index in [4.69, 9.17) is 0 Å². The lowest BCUT2D eigenvalue weighted by Gasteiger charge is -2.01. The monoisotopic (exact) mass is 337 g/mol. The van der Waals surface area contributed by atoms with Crippen LogP contribution in [0, 0.1) is 0 Å². The van der Waals surface area contributed by atoms with E-state index in [0.717, 1.165) is 0 Å². The van der Waals surface area contributed by atoms with Crippen molar-refractivity contribution in [2.45, 2.75) is 39.4 Å². The molecule has 0 fully saturated rings. The van der Waals surface area contributed by atoms with Crippen LogP contribution < -0.4 is 5.90 Å². The Kier molecular flexibility index (Phi) is 11.0. The first-order valence-corrected chi connectivity index (χ1v) is 9.22. The van der Waals surface area contributed by atoms with Gasteiger partial charge in [0.1, 0.15) is 5.75 Å². The van der Waals surface area contributed by atoms with Crippen LogP contribution in [0.4, 0.5) is 0 Å². The van der Waals surface area contributed by atoms with Crippen molar-refractivity contribution in [1.29, 1.82) is 0 Å². The van der Waals surface area contributed by atoms with Crippen molar-refractivity contribution in [2.24, 2.45) is 5.90 Å². The van der Waals surface area contributed by atoms with Gasteiger partial charge in [-0.05, 0) is 17.0 Å². The van der Waals surface area contributed by atoms with Gasteiger partial charge in [-0.15, -0.1) is 0 Å². The molecule has 0 heterocycles. The number of hydrogen-bond acceptors (Lipinski definition) is 4. The highest BCUT2D eigenvalue weighted by atomic mass is 32.2. The van der Waals surface area contributed by atoms with E-state index in [1.54, 1.807) is 30.3 Å². The van der Waals surface area contributed by atoms with E-state index in [0.29, 0.717) is 11.5 Å². The summed E-state index contributed by atoms with van der Waals surface area (Å²) < 4.78 is 25.5. The number of benzene rings is 2. The molecular formula is C18H27NO3S. The van der Waals surface area contributed by atoms with Crippen LogP contribution in [0.25, 0.3) is 0 Å². The Morgan fingerprint density at radius 2 is 1.35 bits per heavy atom. The third kappa shape index (κ3) is 9.84. The van der Waals surface area contributed by atoms with Gasteiger partial charge in [0.2, 0.25) is 0 Å². The molecule has 0 saturated carbocycles. The second-order valence-electron chi connectivity index (χ2n) is 4.85. The van der Waals surface area contributed by atoms with Crippen LogP contribution in [0.3, 0.4) is 0 Å². The zero-order valence-corrected chi connectivity index (χ0v) is 15.1. The molecule has 0 saturated heterocycles. The highest BCUT2D eigenvalue weighted by molar-refractivity contribution is 7.85. The maximum absolute atomic E-state index is 10.8. The van der Waals surface area contributed by atoms with Crippen molar-refractivity contribution in [2.75, 3.05) is 0 Å². The summed E-state index contributed by atoms with van der Waals surface area (Å²) >= 11 is 0. The van der Waals surface area contributed by atoms with Gasteiger partial charge < -0.3 is 0 Å². The smallest absolute Gasteiger partial charge is 0.198 e. The zero-order chi connectivity index (χ0) is 17.7. The number of nitrogens with two attached hydrogens (primary N) is 1. The van der Waals surface area contributed by atoms with Crippen LogP contribution in [0.1, 0.15) is 44.7 Å². The van der Waals surface area contributed by atoms with E-state index in [1.165, 1.54) is 5.56 Å². The van der Waals surface area contributed by atoms with Crippen molar-refractivity contribution >= 4 is 10.1 Å². The molecule has 2 N–H and O–H groups in total. The minimum absolute atomic E-state index is 0.190. The Labute approximate surface area is 140 Å². The first kappa shape index (κ1) is 21.3. The SMILES string of the molecule is CC.CC(C)c1ccccc1.NOS(=O)(=O)Cc1ccccc1. The predicted molar refractivity (Wildman–Crippen MR) is 96.2 cm³/mol. The minimum Gasteiger partial charge on any atom is -0.198 e. The van der Waals surface area contributed by atoms with Gasteiger partial charge in [-0.1, -0.05) is 88.4 Å². The second kappa shape index (κ2) is 11.8. The molecule has 0 radical (unpaired) electrons. The highest BCUT2D eigenvalue weighted by Crippen LogP contribution is 2.11. The van der Waals surface area contributed by atoms with Crippen molar-refractivity contribution in [3.63, 3.8) is 0 Å². The molecule has 2 aromatic rings. The van der Waals surface area contributed by atoms with Crippen LogP contribution in [0.15, 0.2) is 60.7 Å². The maximum atomic E-state index is 10.8. The van der Waals surface area contributed by atoms with Gasteiger partial charge in [0.15, 0.2) is 0 Å². The summed E-state index contributed by atoms with van der Waals surface area (Å²) in [4.78, 5) is 0. The van der Waals surface area contributed by atoms with Gasteiger partial charge in [-0.25, -0.2) is 0 Å². The fourth-order valence-corrected chi connectivity index (χ4v) is 2.32. The Balaban J connectivity index is 0.000000392. The summed E-state index contributed by atoms with van der Waals surface area (Å²) in [7, 11) is -3.59. The highest BCUT2D eigenvalue weighted by Gasteiger charge is 2.09. The van der Waals surface area contributed by atoms with Crippen molar-refractivity contribution in [3.05, 3.63) is 71.8 Å². The first-order valence-electron chi connectivity index (χ1n) is 7.64. The summed E-state index contributed by atoms with van der Waals surface area (Å²) in [5, 5.41) is 0. The molecular weight excluding hydrogens is 310 g/mol. The summed E-state index contributed by atoms with van der Waals surface area (Å²) in [6.45, 7) is 8.41. The molecule has 2 rings (SSSR count). The molecule has 0 atom stereocenters. The van der Waals surface area contributed by atoms with Gasteiger partial charge in [-0.2, -0.15) is 18.6 Å². The van der Waals surface area contributed by atoms with Crippen LogP contribution in [-0.4, -0.2) is 8.42 Å². The summed E-state index contributed by atoms with van der Waals surface area (Å²) in [5.74, 6) is 5.03. The molecule has 0 spiro atoms. The summed E-state index contributed by atoms with van der Waals surface area (Å²) in [5.41, 5.74) is 2.07. The standard InChI is InChI=1S/C9H12.C7H9NO3S.C2H6/c1-8(2)9-6-4-3-5-7-9;8-11-12(9,10)6-7-4-2-1-3-5-7;1-2/h3-8H,1-2H3;1-5H,6,8H2;1-2H3. The van der Waals surface area contributed by atoms with Gasteiger partial charge in [-0.3, -0.25) is 0 Å². The fraction of sp³-hybridized carbons (Fsp3) is 0.333. The third-order valence-electron chi connectivity index (χ3n) is 2.80. The molecule has 23 heavy (non-hydrogen) atoms. The second-order valence-corrected chi connectivity index (χ2v) is 6.45. The summed E-state index contributed by atoms with van der Waals surface area (Å²) in [6, 6.07) is 19.2. The zero-order valence-electron chi connectivity index (χ0n) is 14.3. The normalized spacial score (nSPS) is 10.2. The molecule has 128 valence electrons. The first-order chi connectivity index (χ1) is 10.9. The average Bonchev–Trinajstić information content (AvgIpc) is 2.58. The van der Waals surface area contributed by atoms with Crippen molar-refractivity contribution in [1.82, 2.24) is 0 Å². The lowest BCUT2D eigenvalue weighted by molar-refractivity contribution is 0.332. The van der Waals surface area contributed by atoms with Gasteiger partial charge in [0.05, 0.1) is 0 Å². The van der Waals surface area contributed by atoms with Gasteiger partial charge in [0, 0.05) is 0 Å². The molecule has 0 unspecified atom stereocenters. The molecule has 0 bridgehead atoms. The third-order valence-corrected chi connectivity index (χ3v) is 3.78. The molecule has 0 aliphatic heterocycles. The van der Waals surface area contributed by atoms with Crippen molar-refractivity contribution < 1.29 is 12.7 Å². The maximum Gasteiger partial charge on any atom is 0.287 e. The van der Waals surface area contributed by atoms with E-state index in [-0.39, 0.29) is 5.75 Å². The predicted octanol–water partition coefficient (Wildman–Crippen LogP) is 4.24. The minimum atomic E-state index is -3.59. The van der Waals surface area contributed by atoms with E-state index >= 15 is 0 Å². The molecule has 0 amide bonds. The van der Waals surface area contributed by atoms with Crippen molar-refractivity contribution in [3.8, 4) is 0 Å². The molecule has 0 aromatic heterocycles. The molecule has 0 aliphatic rings.